The van der Waals surface area contributed by atoms with Crippen molar-refractivity contribution in [2.75, 3.05) is 34.0 Å². The maximum Gasteiger partial charge on any atom is 0.328 e. The normalized spacial score (nSPS) is 24.0. The van der Waals surface area contributed by atoms with Gasteiger partial charge in [-0.1, -0.05) is 0 Å². The molecule has 0 saturated carbocycles. The number of benzene rings is 1. The number of urea groups is 1. The molecular formula is C17H24N3O4+. The highest BCUT2D eigenvalue weighted by Crippen LogP contribution is 2.31. The zero-order chi connectivity index (χ0) is 17.1. The first-order valence-electron chi connectivity index (χ1n) is 8.28. The Kier molecular flexibility index (Phi) is 4.89. The topological polar surface area (TPSA) is 72.3 Å². The third-order valence-corrected chi connectivity index (χ3v) is 4.82. The smallest absolute Gasteiger partial charge is 0.328 e. The Morgan fingerprint density at radius 2 is 2.12 bits per heavy atom. The van der Waals surface area contributed by atoms with Gasteiger partial charge in [0.05, 0.1) is 26.3 Å². The van der Waals surface area contributed by atoms with E-state index in [9.17, 15) is 9.59 Å². The van der Waals surface area contributed by atoms with Crippen LogP contribution in [0.3, 0.4) is 0 Å². The second kappa shape index (κ2) is 7.09. The minimum absolute atomic E-state index is 0.102. The Labute approximate surface area is 141 Å². The minimum Gasteiger partial charge on any atom is -0.497 e. The summed E-state index contributed by atoms with van der Waals surface area (Å²) in [6.07, 6.45) is 2.40. The highest BCUT2D eigenvalue weighted by molar-refractivity contribution is 5.96. The first kappa shape index (κ1) is 16.6. The SMILES string of the molecule is COc1ccc(OC)c([C@@H]2CCC[NH+]2CN2C(=O)CCNC2=O)c1. The number of hydrogen-bond acceptors (Lipinski definition) is 4. The Hall–Kier alpha value is -2.28. The molecule has 2 saturated heterocycles. The van der Waals surface area contributed by atoms with Crippen LogP contribution in [0.25, 0.3) is 0 Å². The van der Waals surface area contributed by atoms with Crippen LogP contribution in [-0.4, -0.2) is 50.8 Å². The zero-order valence-electron chi connectivity index (χ0n) is 14.1. The fourth-order valence-corrected chi connectivity index (χ4v) is 3.57. The van der Waals surface area contributed by atoms with E-state index in [-0.39, 0.29) is 18.0 Å². The highest BCUT2D eigenvalue weighted by Gasteiger charge is 2.37. The quantitative estimate of drug-likeness (QED) is 0.814. The van der Waals surface area contributed by atoms with Crippen LogP contribution in [0.4, 0.5) is 4.79 Å². The Balaban J connectivity index is 1.83. The van der Waals surface area contributed by atoms with Gasteiger partial charge >= 0.3 is 6.03 Å². The molecule has 7 heteroatoms. The van der Waals surface area contributed by atoms with Crippen LogP contribution >= 0.6 is 0 Å². The lowest BCUT2D eigenvalue weighted by atomic mass is 10.0. The molecule has 2 aliphatic rings. The van der Waals surface area contributed by atoms with Gasteiger partial charge in [-0.3, -0.25) is 4.79 Å². The van der Waals surface area contributed by atoms with Gasteiger partial charge in [-0.25, -0.2) is 9.69 Å². The van der Waals surface area contributed by atoms with Gasteiger partial charge in [-0.05, 0) is 18.2 Å². The number of amides is 3. The van der Waals surface area contributed by atoms with Crippen molar-refractivity contribution in [2.24, 2.45) is 0 Å². The van der Waals surface area contributed by atoms with Crippen molar-refractivity contribution in [2.45, 2.75) is 25.3 Å². The number of nitrogens with zero attached hydrogens (tertiary/aromatic N) is 1. The number of hydrogen-bond donors (Lipinski definition) is 2. The predicted octanol–water partition coefficient (Wildman–Crippen LogP) is 0.323. The monoisotopic (exact) mass is 334 g/mol. The van der Waals surface area contributed by atoms with Gasteiger partial charge in [-0.15, -0.1) is 0 Å². The van der Waals surface area contributed by atoms with E-state index >= 15 is 0 Å². The zero-order valence-corrected chi connectivity index (χ0v) is 14.1. The molecule has 0 radical (unpaired) electrons. The molecule has 2 N–H and O–H groups in total. The van der Waals surface area contributed by atoms with Gasteiger partial charge in [-0.2, -0.15) is 0 Å². The number of quaternary nitrogens is 1. The molecule has 2 aliphatic heterocycles. The van der Waals surface area contributed by atoms with E-state index in [4.69, 9.17) is 9.47 Å². The molecule has 2 atom stereocenters. The van der Waals surface area contributed by atoms with Crippen LogP contribution < -0.4 is 19.7 Å². The summed E-state index contributed by atoms with van der Waals surface area (Å²) in [6.45, 7) is 1.73. The van der Waals surface area contributed by atoms with Crippen LogP contribution in [0.15, 0.2) is 18.2 Å². The lowest BCUT2D eigenvalue weighted by Gasteiger charge is -2.30. The standard InChI is InChI=1S/C17H23N3O4/c1-23-12-5-6-15(24-2)13(10-12)14-4-3-9-19(14)11-20-16(21)7-8-18-17(20)22/h5-6,10,14H,3-4,7-9,11H2,1-2H3,(H,18,22)/p+1/t14-/m0/s1. The largest absolute Gasteiger partial charge is 0.497 e. The number of rotatable bonds is 5. The molecule has 0 aromatic heterocycles. The lowest BCUT2D eigenvalue weighted by Crippen LogP contribution is -3.12. The van der Waals surface area contributed by atoms with Gasteiger partial charge < -0.3 is 19.7 Å². The summed E-state index contributed by atoms with van der Waals surface area (Å²) in [5, 5.41) is 2.74. The number of ether oxygens (including phenoxy) is 2. The molecule has 1 unspecified atom stereocenters. The van der Waals surface area contributed by atoms with Crippen LogP contribution in [0.2, 0.25) is 0 Å². The summed E-state index contributed by atoms with van der Waals surface area (Å²) in [5.74, 6) is 1.49. The van der Waals surface area contributed by atoms with Crippen LogP contribution in [0, 0.1) is 0 Å². The van der Waals surface area contributed by atoms with E-state index in [1.165, 1.54) is 9.80 Å². The van der Waals surface area contributed by atoms with E-state index in [1.54, 1.807) is 14.2 Å². The number of carbonyl (C=O) groups is 2. The van der Waals surface area contributed by atoms with Crippen LogP contribution in [0.5, 0.6) is 11.5 Å². The molecule has 0 aliphatic carbocycles. The average molecular weight is 334 g/mol. The summed E-state index contributed by atoms with van der Waals surface area (Å²) >= 11 is 0. The van der Waals surface area contributed by atoms with E-state index in [0.29, 0.717) is 19.6 Å². The minimum atomic E-state index is -0.290. The molecule has 24 heavy (non-hydrogen) atoms. The van der Waals surface area contributed by atoms with Gasteiger partial charge in [0.1, 0.15) is 17.5 Å². The second-order valence-corrected chi connectivity index (χ2v) is 6.17. The van der Waals surface area contributed by atoms with E-state index in [1.807, 2.05) is 18.2 Å². The Morgan fingerprint density at radius 3 is 2.83 bits per heavy atom. The van der Waals surface area contributed by atoms with Crippen LogP contribution in [0.1, 0.15) is 30.9 Å². The van der Waals surface area contributed by atoms with Gasteiger partial charge in [0.15, 0.2) is 6.67 Å². The first-order chi connectivity index (χ1) is 11.6. The molecular weight excluding hydrogens is 310 g/mol. The second-order valence-electron chi connectivity index (χ2n) is 6.17. The summed E-state index contributed by atoms with van der Waals surface area (Å²) in [7, 11) is 3.29. The van der Waals surface area contributed by atoms with Crippen molar-refractivity contribution in [3.8, 4) is 11.5 Å². The van der Waals surface area contributed by atoms with Gasteiger partial charge in [0.2, 0.25) is 5.91 Å². The number of nitrogens with one attached hydrogen (secondary N) is 2. The molecule has 1 aromatic carbocycles. The molecule has 0 spiro atoms. The predicted molar refractivity (Wildman–Crippen MR) is 87.1 cm³/mol. The molecule has 7 nitrogen and oxygen atoms in total. The van der Waals surface area contributed by atoms with E-state index in [0.717, 1.165) is 36.4 Å². The number of methoxy groups -OCH3 is 2. The average Bonchev–Trinajstić information content (AvgIpc) is 3.05. The fourth-order valence-electron chi connectivity index (χ4n) is 3.57. The molecule has 0 bridgehead atoms. The van der Waals surface area contributed by atoms with Crippen molar-refractivity contribution in [3.05, 3.63) is 23.8 Å². The maximum absolute atomic E-state index is 12.1. The van der Waals surface area contributed by atoms with Gasteiger partial charge in [0.25, 0.3) is 0 Å². The summed E-state index contributed by atoms with van der Waals surface area (Å²) < 4.78 is 10.8. The summed E-state index contributed by atoms with van der Waals surface area (Å²) in [5.41, 5.74) is 1.06. The summed E-state index contributed by atoms with van der Waals surface area (Å²) in [4.78, 5) is 26.6. The van der Waals surface area contributed by atoms with Crippen molar-refractivity contribution in [1.82, 2.24) is 10.2 Å². The molecule has 3 amide bonds. The van der Waals surface area contributed by atoms with Crippen molar-refractivity contribution < 1.29 is 24.0 Å². The van der Waals surface area contributed by atoms with Crippen LogP contribution in [-0.2, 0) is 4.79 Å². The first-order valence-corrected chi connectivity index (χ1v) is 8.28. The Morgan fingerprint density at radius 1 is 1.29 bits per heavy atom. The van der Waals surface area contributed by atoms with Gasteiger partial charge in [0, 0.05) is 25.8 Å². The third-order valence-electron chi connectivity index (χ3n) is 4.82. The molecule has 2 fully saturated rings. The lowest BCUT2D eigenvalue weighted by molar-refractivity contribution is -0.925. The number of imide groups is 1. The fraction of sp³-hybridized carbons (Fsp3) is 0.529. The van der Waals surface area contributed by atoms with E-state index in [2.05, 4.69) is 5.32 Å². The highest BCUT2D eigenvalue weighted by atomic mass is 16.5. The van der Waals surface area contributed by atoms with E-state index < -0.39 is 0 Å². The van der Waals surface area contributed by atoms with Crippen molar-refractivity contribution in [1.29, 1.82) is 0 Å². The molecule has 130 valence electrons. The molecule has 3 rings (SSSR count). The maximum atomic E-state index is 12.1. The molecule has 1 aromatic rings. The summed E-state index contributed by atoms with van der Waals surface area (Å²) in [6, 6.07) is 5.66. The Bertz CT molecular complexity index is 618. The molecule has 2 heterocycles. The number of carbonyl (C=O) groups excluding carboxylic acids is 2. The number of likely N-dealkylation sites (tertiary alicyclic amines) is 1. The third kappa shape index (κ3) is 3.17. The van der Waals surface area contributed by atoms with Crippen molar-refractivity contribution >= 4 is 11.9 Å². The van der Waals surface area contributed by atoms with Crippen molar-refractivity contribution in [3.63, 3.8) is 0 Å².